The van der Waals surface area contributed by atoms with Crippen LogP contribution in [0.1, 0.15) is 86.0 Å². The normalized spacial score (nSPS) is 22.5. The second kappa shape index (κ2) is 12.7. The molecule has 1 aromatic carbocycles. The number of carboxylic acid groups (broad SMARTS) is 1. The summed E-state index contributed by atoms with van der Waals surface area (Å²) in [5, 5.41) is 35.5. The fraction of sp³-hybridized carbons (Fsp3) is 0.444. The number of rotatable bonds is 10. The Bertz CT molecular complexity index is 1840. The average molecular weight is 651 g/mol. The molecule has 0 saturated heterocycles. The van der Waals surface area contributed by atoms with Gasteiger partial charge in [0.2, 0.25) is 0 Å². The van der Waals surface area contributed by atoms with Crippen LogP contribution in [0.2, 0.25) is 0 Å². The molecule has 0 spiro atoms. The van der Waals surface area contributed by atoms with Gasteiger partial charge in [-0.05, 0) is 93.9 Å². The standard InChI is InChI=1S/C36H42N8O2S/c1-4-36(17-23-11-12-24(16-23)18-36)20-38-22(3)27(19-37)26-13-14-30(40-31(26)34(45)46)44-15-7-8-25-21(2)32(42-43-33(25)44)41-35-39-28-9-5-6-10-29(28)47-35/h5-6,9-10,13-14,19,23-24,37-38H,4,7-8,11-12,15-18,20H2,1-3H3,(H,45,46)(H,39,41,42)/b27-22+,37-19?. The summed E-state index contributed by atoms with van der Waals surface area (Å²) < 4.78 is 1.10. The van der Waals surface area contributed by atoms with Crippen molar-refractivity contribution in [2.75, 3.05) is 23.3 Å². The Morgan fingerprint density at radius 1 is 1.15 bits per heavy atom. The monoisotopic (exact) mass is 650 g/mol. The lowest BCUT2D eigenvalue weighted by molar-refractivity contribution is 0.0690. The van der Waals surface area contributed by atoms with Crippen molar-refractivity contribution in [2.45, 2.75) is 72.1 Å². The quantitative estimate of drug-likeness (QED) is 0.126. The summed E-state index contributed by atoms with van der Waals surface area (Å²) in [6.45, 7) is 7.75. The van der Waals surface area contributed by atoms with Gasteiger partial charge in [0, 0.05) is 47.3 Å². The number of pyridine rings is 1. The Morgan fingerprint density at radius 2 is 1.94 bits per heavy atom. The first-order valence-corrected chi connectivity index (χ1v) is 17.6. The van der Waals surface area contributed by atoms with E-state index in [1.165, 1.54) is 38.3 Å². The lowest BCUT2D eigenvalue weighted by Crippen LogP contribution is -2.38. The number of thiazole rings is 1. The van der Waals surface area contributed by atoms with Crippen LogP contribution in [0.25, 0.3) is 15.8 Å². The van der Waals surface area contributed by atoms with Crippen LogP contribution in [-0.2, 0) is 6.42 Å². The SMILES string of the molecule is CCC1(CN/C(C)=C(\C=N)c2ccc(N3CCCc4c3nnc(Nc3nc5ccccc5s3)c4C)nc2C(=O)O)CC2CCC(C2)C1. The van der Waals surface area contributed by atoms with Crippen LogP contribution in [-0.4, -0.2) is 50.5 Å². The molecule has 1 aliphatic heterocycles. The molecule has 4 N–H and O–H groups in total. The number of nitrogens with zero attached hydrogens (tertiary/aromatic N) is 5. The van der Waals surface area contributed by atoms with Crippen molar-refractivity contribution in [3.63, 3.8) is 0 Å². The number of aromatic carboxylic acids is 1. The van der Waals surface area contributed by atoms with E-state index < -0.39 is 5.97 Å². The van der Waals surface area contributed by atoms with Gasteiger partial charge < -0.3 is 26.0 Å². The van der Waals surface area contributed by atoms with E-state index in [4.69, 9.17) is 5.41 Å². The summed E-state index contributed by atoms with van der Waals surface area (Å²) in [4.78, 5) is 23.9. The van der Waals surface area contributed by atoms with Crippen molar-refractivity contribution in [1.82, 2.24) is 25.5 Å². The number of hydrogen-bond acceptors (Lipinski definition) is 10. The Balaban J connectivity index is 1.15. The number of para-hydroxylation sites is 1. The largest absolute Gasteiger partial charge is 0.476 e. The van der Waals surface area contributed by atoms with Crippen LogP contribution in [0.3, 0.4) is 0 Å². The second-order valence-corrected chi connectivity index (χ2v) is 14.6. The molecule has 244 valence electrons. The minimum Gasteiger partial charge on any atom is -0.476 e. The highest BCUT2D eigenvalue weighted by atomic mass is 32.1. The third-order valence-corrected chi connectivity index (χ3v) is 11.6. The number of anilines is 4. The van der Waals surface area contributed by atoms with E-state index in [1.54, 1.807) is 17.4 Å². The van der Waals surface area contributed by atoms with E-state index in [2.05, 4.69) is 37.7 Å². The van der Waals surface area contributed by atoms with Crippen LogP contribution in [0.5, 0.6) is 0 Å². The highest BCUT2D eigenvalue weighted by Crippen LogP contribution is 2.52. The number of fused-ring (bicyclic) bond motifs is 4. The summed E-state index contributed by atoms with van der Waals surface area (Å²) in [6, 6.07) is 11.6. The van der Waals surface area contributed by atoms with Gasteiger partial charge in [0.1, 0.15) is 5.82 Å². The van der Waals surface area contributed by atoms with Gasteiger partial charge >= 0.3 is 5.97 Å². The molecular weight excluding hydrogens is 609 g/mol. The van der Waals surface area contributed by atoms with Crippen LogP contribution in [0, 0.1) is 29.6 Å². The number of carbonyl (C=O) groups is 1. The Hall–Kier alpha value is -4.38. The maximum atomic E-state index is 12.6. The Labute approximate surface area is 279 Å². The van der Waals surface area contributed by atoms with Gasteiger partial charge in [-0.15, -0.1) is 10.2 Å². The van der Waals surface area contributed by atoms with Gasteiger partial charge in [-0.2, -0.15) is 0 Å². The number of aromatic nitrogens is 4. The summed E-state index contributed by atoms with van der Waals surface area (Å²) in [5.74, 6) is 2.38. The predicted octanol–water partition coefficient (Wildman–Crippen LogP) is 7.89. The van der Waals surface area contributed by atoms with Crippen LogP contribution >= 0.6 is 11.3 Å². The first kappa shape index (κ1) is 31.2. The maximum absolute atomic E-state index is 12.6. The van der Waals surface area contributed by atoms with E-state index in [0.29, 0.717) is 35.1 Å². The van der Waals surface area contributed by atoms with Crippen LogP contribution < -0.4 is 15.5 Å². The highest BCUT2D eigenvalue weighted by Gasteiger charge is 2.42. The first-order chi connectivity index (χ1) is 22.8. The van der Waals surface area contributed by atoms with Crippen LogP contribution in [0.4, 0.5) is 22.6 Å². The Kier molecular flexibility index (Phi) is 8.42. The molecule has 2 unspecified atom stereocenters. The summed E-state index contributed by atoms with van der Waals surface area (Å²) in [6.07, 6.45) is 10.6. The minimum absolute atomic E-state index is 0.0750. The second-order valence-electron chi connectivity index (χ2n) is 13.6. The van der Waals surface area contributed by atoms with E-state index in [-0.39, 0.29) is 11.1 Å². The summed E-state index contributed by atoms with van der Waals surface area (Å²) in [7, 11) is 0. The van der Waals surface area contributed by atoms with Crippen molar-refractivity contribution in [3.8, 4) is 0 Å². The van der Waals surface area contributed by atoms with Gasteiger partial charge in [-0.25, -0.2) is 14.8 Å². The number of benzene rings is 1. The van der Waals surface area contributed by atoms with Gasteiger partial charge in [0.15, 0.2) is 22.5 Å². The molecule has 47 heavy (non-hydrogen) atoms. The minimum atomic E-state index is -1.13. The molecule has 11 heteroatoms. The van der Waals surface area contributed by atoms with Crippen molar-refractivity contribution in [3.05, 3.63) is 64.5 Å². The van der Waals surface area contributed by atoms with Crippen molar-refractivity contribution in [2.24, 2.45) is 17.3 Å². The molecule has 2 bridgehead atoms. The molecule has 4 heterocycles. The molecule has 2 aliphatic carbocycles. The molecular formula is C36H42N8O2S. The fourth-order valence-electron chi connectivity index (χ4n) is 8.15. The zero-order chi connectivity index (χ0) is 32.7. The van der Waals surface area contributed by atoms with E-state index >= 15 is 0 Å². The smallest absolute Gasteiger partial charge is 0.355 e. The molecule has 4 aromatic rings. The summed E-state index contributed by atoms with van der Waals surface area (Å²) in [5.41, 5.74) is 4.94. The third kappa shape index (κ3) is 5.97. The topological polar surface area (TPSA) is 140 Å². The van der Waals surface area contributed by atoms with Crippen molar-refractivity contribution < 1.29 is 9.90 Å². The lowest BCUT2D eigenvalue weighted by Gasteiger charge is -2.41. The number of allylic oxidation sites excluding steroid dienone is 2. The third-order valence-electron chi connectivity index (χ3n) is 10.7. The number of carboxylic acids is 1. The van der Waals surface area contributed by atoms with E-state index in [0.717, 1.165) is 69.8 Å². The van der Waals surface area contributed by atoms with E-state index in [1.807, 2.05) is 49.1 Å². The van der Waals surface area contributed by atoms with Gasteiger partial charge in [0.05, 0.1) is 10.2 Å². The van der Waals surface area contributed by atoms with Crippen LogP contribution in [0.15, 0.2) is 42.1 Å². The molecule has 0 radical (unpaired) electrons. The molecule has 2 fully saturated rings. The van der Waals surface area contributed by atoms with Crippen molar-refractivity contribution >= 4 is 61.9 Å². The highest BCUT2D eigenvalue weighted by molar-refractivity contribution is 7.22. The molecule has 7 rings (SSSR count). The molecule has 3 aliphatic rings. The Morgan fingerprint density at radius 3 is 2.66 bits per heavy atom. The van der Waals surface area contributed by atoms with Crippen molar-refractivity contribution in [1.29, 1.82) is 5.41 Å². The zero-order valence-corrected chi connectivity index (χ0v) is 28.1. The average Bonchev–Trinajstić information content (AvgIpc) is 3.66. The lowest BCUT2D eigenvalue weighted by atomic mass is 9.67. The molecule has 10 nitrogen and oxygen atoms in total. The molecule has 3 aromatic heterocycles. The molecule has 2 atom stereocenters. The van der Waals surface area contributed by atoms with E-state index in [9.17, 15) is 9.90 Å². The zero-order valence-electron chi connectivity index (χ0n) is 27.3. The summed E-state index contributed by atoms with van der Waals surface area (Å²) >= 11 is 1.57. The van der Waals surface area contributed by atoms with Gasteiger partial charge in [-0.1, -0.05) is 43.2 Å². The predicted molar refractivity (Wildman–Crippen MR) is 188 cm³/mol. The maximum Gasteiger partial charge on any atom is 0.355 e. The van der Waals surface area contributed by atoms with Gasteiger partial charge in [-0.3, -0.25) is 0 Å². The fourth-order valence-corrected chi connectivity index (χ4v) is 9.01. The molecule has 0 amide bonds. The number of nitrogens with one attached hydrogen (secondary N) is 3. The van der Waals surface area contributed by atoms with Gasteiger partial charge in [0.25, 0.3) is 0 Å². The first-order valence-electron chi connectivity index (χ1n) is 16.7. The molecule has 2 saturated carbocycles. The number of hydrogen-bond donors (Lipinski definition) is 4.